The summed E-state index contributed by atoms with van der Waals surface area (Å²) in [5.41, 5.74) is 0. The van der Waals surface area contributed by atoms with Gasteiger partial charge in [0, 0.05) is 13.1 Å². The molecule has 2 heteroatoms. The Balaban J connectivity index is 2.30. The van der Waals surface area contributed by atoms with Crippen molar-refractivity contribution in [3.05, 3.63) is 0 Å². The molecule has 0 N–H and O–H groups in total. The molecular formula is C8H17NO. The maximum Gasteiger partial charge on any atom is 0.0593 e. The molecule has 0 aromatic rings. The van der Waals surface area contributed by atoms with Crippen LogP contribution in [0.2, 0.25) is 0 Å². The molecule has 60 valence electrons. The molecule has 0 spiro atoms. The Kier molecular flexibility index (Phi) is 3.16. The van der Waals surface area contributed by atoms with E-state index in [0.29, 0.717) is 0 Å². The van der Waals surface area contributed by atoms with E-state index in [2.05, 4.69) is 18.9 Å². The van der Waals surface area contributed by atoms with Crippen LogP contribution < -0.4 is 0 Å². The second-order valence-corrected chi connectivity index (χ2v) is 3.11. The van der Waals surface area contributed by atoms with E-state index in [4.69, 9.17) is 4.74 Å². The number of likely N-dealkylation sites (N-methyl/N-ethyl adjacent to an activating group) is 1. The van der Waals surface area contributed by atoms with Gasteiger partial charge in [0.2, 0.25) is 0 Å². The molecule has 1 fully saturated rings. The Bertz CT molecular complexity index is 95.3. The molecule has 0 aromatic heterocycles. The van der Waals surface area contributed by atoms with Crippen LogP contribution >= 0.6 is 0 Å². The second-order valence-electron chi connectivity index (χ2n) is 3.11. The minimum absolute atomic E-state index is 0.757. The van der Waals surface area contributed by atoms with Crippen LogP contribution in [-0.4, -0.2) is 38.3 Å². The average Bonchev–Trinajstić information content (AvgIpc) is 2.13. The normalized spacial score (nSPS) is 30.0. The second kappa shape index (κ2) is 3.94. The molecule has 0 amide bonds. The molecule has 1 aliphatic heterocycles. The summed E-state index contributed by atoms with van der Waals surface area (Å²) in [5.74, 6) is 0.757. The highest BCUT2D eigenvalue weighted by Gasteiger charge is 2.13. The third-order valence-electron chi connectivity index (χ3n) is 2.12. The molecule has 1 rings (SSSR count). The maximum absolute atomic E-state index is 5.43. The Hall–Kier alpha value is -0.0800. The zero-order valence-corrected chi connectivity index (χ0v) is 6.97. The highest BCUT2D eigenvalue weighted by molar-refractivity contribution is 4.64. The molecule has 0 radical (unpaired) electrons. The van der Waals surface area contributed by atoms with Gasteiger partial charge in [0.1, 0.15) is 0 Å². The molecule has 0 bridgehead atoms. The largest absolute Gasteiger partial charge is 0.380 e. The predicted molar refractivity (Wildman–Crippen MR) is 42.1 cm³/mol. The van der Waals surface area contributed by atoms with Gasteiger partial charge in [-0.15, -0.1) is 0 Å². The Morgan fingerprint density at radius 3 is 3.10 bits per heavy atom. The molecule has 0 aliphatic carbocycles. The maximum atomic E-state index is 5.43. The van der Waals surface area contributed by atoms with Crippen LogP contribution in [0.4, 0.5) is 0 Å². The van der Waals surface area contributed by atoms with E-state index in [-0.39, 0.29) is 0 Å². The lowest BCUT2D eigenvalue weighted by atomic mass is 10.1. The minimum atomic E-state index is 0.757. The molecule has 1 saturated heterocycles. The highest BCUT2D eigenvalue weighted by atomic mass is 16.5. The molecule has 1 heterocycles. The van der Waals surface area contributed by atoms with Gasteiger partial charge in [0.25, 0.3) is 0 Å². The molecular weight excluding hydrogens is 126 g/mol. The highest BCUT2D eigenvalue weighted by Crippen LogP contribution is 2.07. The number of nitrogens with zero attached hydrogens (tertiary/aromatic N) is 1. The summed E-state index contributed by atoms with van der Waals surface area (Å²) >= 11 is 0. The Morgan fingerprint density at radius 2 is 2.40 bits per heavy atom. The van der Waals surface area contributed by atoms with Crippen LogP contribution in [0.3, 0.4) is 0 Å². The monoisotopic (exact) mass is 143 g/mol. The summed E-state index contributed by atoms with van der Waals surface area (Å²) in [5, 5.41) is 0. The molecule has 0 saturated carbocycles. The van der Waals surface area contributed by atoms with E-state index in [0.717, 1.165) is 25.7 Å². The predicted octanol–water partition coefficient (Wildman–Crippen LogP) is 0.975. The van der Waals surface area contributed by atoms with Gasteiger partial charge in [-0.25, -0.2) is 0 Å². The van der Waals surface area contributed by atoms with Crippen molar-refractivity contribution in [2.24, 2.45) is 5.92 Å². The average molecular weight is 143 g/mol. The number of ether oxygens (including phenoxy) is 1. The fourth-order valence-electron chi connectivity index (χ4n) is 1.30. The van der Waals surface area contributed by atoms with Crippen LogP contribution in [-0.2, 0) is 4.74 Å². The molecule has 10 heavy (non-hydrogen) atoms. The van der Waals surface area contributed by atoms with Crippen molar-refractivity contribution in [2.45, 2.75) is 13.3 Å². The number of hydrogen-bond donors (Lipinski definition) is 0. The van der Waals surface area contributed by atoms with E-state index < -0.39 is 0 Å². The first-order valence-electron chi connectivity index (χ1n) is 4.09. The summed E-state index contributed by atoms with van der Waals surface area (Å²) in [6.45, 7) is 6.40. The van der Waals surface area contributed by atoms with Gasteiger partial charge in [0.15, 0.2) is 0 Å². The van der Waals surface area contributed by atoms with Gasteiger partial charge in [-0.2, -0.15) is 0 Å². The van der Waals surface area contributed by atoms with E-state index in [1.165, 1.54) is 13.0 Å². The third-order valence-corrected chi connectivity index (χ3v) is 2.12. The van der Waals surface area contributed by atoms with E-state index in [9.17, 15) is 0 Å². The first kappa shape index (κ1) is 8.02. The zero-order valence-electron chi connectivity index (χ0n) is 6.97. The fraction of sp³-hybridized carbons (Fsp3) is 1.00. The van der Waals surface area contributed by atoms with E-state index in [1.807, 2.05) is 0 Å². The van der Waals surface area contributed by atoms with Crippen molar-refractivity contribution in [1.82, 2.24) is 4.90 Å². The van der Waals surface area contributed by atoms with Crippen LogP contribution in [0.1, 0.15) is 13.3 Å². The topological polar surface area (TPSA) is 12.5 Å². The van der Waals surface area contributed by atoms with Crippen molar-refractivity contribution < 1.29 is 4.74 Å². The van der Waals surface area contributed by atoms with Crippen molar-refractivity contribution in [3.63, 3.8) is 0 Å². The first-order chi connectivity index (χ1) is 4.83. The number of hydrogen-bond acceptors (Lipinski definition) is 2. The summed E-state index contributed by atoms with van der Waals surface area (Å²) in [6.07, 6.45) is 1.24. The lowest BCUT2D eigenvalue weighted by molar-refractivity contribution is 0.121. The standard InChI is InChI=1S/C8H17NO/c1-3-8-6-9(2)4-5-10-7-8/h8H,3-7H2,1-2H3/t8-/m0/s1. The van der Waals surface area contributed by atoms with Gasteiger partial charge in [-0.05, 0) is 19.4 Å². The van der Waals surface area contributed by atoms with Gasteiger partial charge in [-0.1, -0.05) is 6.92 Å². The summed E-state index contributed by atoms with van der Waals surface area (Å²) < 4.78 is 5.43. The van der Waals surface area contributed by atoms with Gasteiger partial charge < -0.3 is 9.64 Å². The summed E-state index contributed by atoms with van der Waals surface area (Å²) in [6, 6.07) is 0. The molecule has 1 atom stereocenters. The van der Waals surface area contributed by atoms with E-state index in [1.54, 1.807) is 0 Å². The lowest BCUT2D eigenvalue weighted by Gasteiger charge is -2.16. The van der Waals surface area contributed by atoms with Gasteiger partial charge in [0.05, 0.1) is 13.2 Å². The molecule has 1 aliphatic rings. The van der Waals surface area contributed by atoms with Crippen molar-refractivity contribution in [3.8, 4) is 0 Å². The van der Waals surface area contributed by atoms with Crippen molar-refractivity contribution >= 4 is 0 Å². The SMILES string of the molecule is CC[C@@H]1COCCN(C)C1. The molecule has 0 aromatic carbocycles. The van der Waals surface area contributed by atoms with Crippen LogP contribution in [0.15, 0.2) is 0 Å². The Labute approximate surface area is 63.2 Å². The minimum Gasteiger partial charge on any atom is -0.380 e. The fourth-order valence-corrected chi connectivity index (χ4v) is 1.30. The van der Waals surface area contributed by atoms with Gasteiger partial charge in [-0.3, -0.25) is 0 Å². The van der Waals surface area contributed by atoms with E-state index >= 15 is 0 Å². The van der Waals surface area contributed by atoms with Crippen LogP contribution in [0.5, 0.6) is 0 Å². The van der Waals surface area contributed by atoms with Crippen LogP contribution in [0, 0.1) is 5.92 Å². The molecule has 2 nitrogen and oxygen atoms in total. The third kappa shape index (κ3) is 2.27. The smallest absolute Gasteiger partial charge is 0.0593 e. The number of rotatable bonds is 1. The molecule has 0 unspecified atom stereocenters. The Morgan fingerprint density at radius 1 is 1.60 bits per heavy atom. The first-order valence-corrected chi connectivity index (χ1v) is 4.09. The van der Waals surface area contributed by atoms with Crippen molar-refractivity contribution in [1.29, 1.82) is 0 Å². The van der Waals surface area contributed by atoms with Gasteiger partial charge >= 0.3 is 0 Å². The lowest BCUT2D eigenvalue weighted by Crippen LogP contribution is -2.25. The van der Waals surface area contributed by atoms with Crippen LogP contribution in [0.25, 0.3) is 0 Å². The quantitative estimate of drug-likeness (QED) is 0.542. The summed E-state index contributed by atoms with van der Waals surface area (Å²) in [4.78, 5) is 2.35. The summed E-state index contributed by atoms with van der Waals surface area (Å²) in [7, 11) is 2.16. The zero-order chi connectivity index (χ0) is 7.40. The van der Waals surface area contributed by atoms with Crippen molar-refractivity contribution in [2.75, 3.05) is 33.4 Å².